The molecule has 1 aromatic rings. The van der Waals surface area contributed by atoms with E-state index in [2.05, 4.69) is 53.6 Å². The van der Waals surface area contributed by atoms with E-state index in [0.717, 1.165) is 51.6 Å². The second kappa shape index (κ2) is 12.6. The molecule has 2 aliphatic heterocycles. The summed E-state index contributed by atoms with van der Waals surface area (Å²) in [7, 11) is 0. The highest BCUT2D eigenvalue weighted by atomic mass is 127. The average molecular weight is 542 g/mol. The molecule has 2 heterocycles. The van der Waals surface area contributed by atoms with E-state index in [9.17, 15) is 4.79 Å². The molecule has 1 amide bonds. The highest BCUT2D eigenvalue weighted by Crippen LogP contribution is 2.26. The van der Waals surface area contributed by atoms with Crippen molar-refractivity contribution in [3.8, 4) is 0 Å². The van der Waals surface area contributed by atoms with Gasteiger partial charge in [0.15, 0.2) is 5.96 Å². The van der Waals surface area contributed by atoms with Crippen LogP contribution in [0.4, 0.5) is 0 Å². The molecule has 7 heteroatoms. The molecule has 2 unspecified atom stereocenters. The van der Waals surface area contributed by atoms with Gasteiger partial charge >= 0.3 is 0 Å². The topological polar surface area (TPSA) is 60.0 Å². The van der Waals surface area contributed by atoms with Gasteiger partial charge < -0.3 is 15.5 Å². The van der Waals surface area contributed by atoms with Gasteiger partial charge in [-0.1, -0.05) is 43.7 Å². The van der Waals surface area contributed by atoms with E-state index in [1.54, 1.807) is 0 Å². The largest absolute Gasteiger partial charge is 0.357 e. The van der Waals surface area contributed by atoms with Gasteiger partial charge in [-0.25, -0.2) is 0 Å². The lowest BCUT2D eigenvalue weighted by Crippen LogP contribution is -2.45. The van der Waals surface area contributed by atoms with Gasteiger partial charge in [0.25, 0.3) is 0 Å². The van der Waals surface area contributed by atoms with Crippen molar-refractivity contribution in [2.45, 2.75) is 59.0 Å². The lowest BCUT2D eigenvalue weighted by Gasteiger charge is -2.27. The molecular weight excluding hydrogens is 501 g/mol. The number of nitrogens with zero attached hydrogens (tertiary/aromatic N) is 3. The molecular formula is C24H40IN5O. The van der Waals surface area contributed by atoms with Crippen molar-refractivity contribution < 1.29 is 4.79 Å². The Morgan fingerprint density at radius 3 is 2.45 bits per heavy atom. The van der Waals surface area contributed by atoms with Crippen molar-refractivity contribution in [2.24, 2.45) is 10.9 Å². The summed E-state index contributed by atoms with van der Waals surface area (Å²) in [5, 5.41) is 6.97. The fourth-order valence-electron chi connectivity index (χ4n) is 4.41. The number of carbonyl (C=O) groups excluding carboxylic acids is 1. The third kappa shape index (κ3) is 7.34. The number of carbonyl (C=O) groups is 1. The first-order chi connectivity index (χ1) is 14.5. The van der Waals surface area contributed by atoms with Crippen molar-refractivity contribution in [1.82, 2.24) is 20.4 Å². The summed E-state index contributed by atoms with van der Waals surface area (Å²) >= 11 is 0. The predicted molar refractivity (Wildman–Crippen MR) is 139 cm³/mol. The van der Waals surface area contributed by atoms with Crippen molar-refractivity contribution in [2.75, 3.05) is 39.3 Å². The van der Waals surface area contributed by atoms with Crippen LogP contribution in [0.25, 0.3) is 0 Å². The van der Waals surface area contributed by atoms with E-state index in [1.165, 1.54) is 24.0 Å². The maximum absolute atomic E-state index is 12.3. The minimum atomic E-state index is 0. The molecule has 2 saturated heterocycles. The molecule has 0 saturated carbocycles. The van der Waals surface area contributed by atoms with Gasteiger partial charge in [0.1, 0.15) is 0 Å². The van der Waals surface area contributed by atoms with Gasteiger partial charge in [-0.2, -0.15) is 0 Å². The number of halogens is 1. The van der Waals surface area contributed by atoms with Crippen molar-refractivity contribution in [1.29, 1.82) is 0 Å². The molecule has 0 spiro atoms. The summed E-state index contributed by atoms with van der Waals surface area (Å²) in [5.74, 6) is 1.16. The number of aryl methyl sites for hydroxylation is 1. The Balaban J connectivity index is 0.00000341. The van der Waals surface area contributed by atoms with E-state index in [4.69, 9.17) is 4.99 Å². The van der Waals surface area contributed by atoms with Crippen LogP contribution in [0.2, 0.25) is 0 Å². The van der Waals surface area contributed by atoms with Gasteiger partial charge in [-0.15, -0.1) is 24.0 Å². The van der Waals surface area contributed by atoms with Crippen LogP contribution in [0.1, 0.15) is 57.2 Å². The van der Waals surface area contributed by atoms with Gasteiger partial charge in [0, 0.05) is 31.6 Å². The maximum atomic E-state index is 12.3. The molecule has 2 N–H and O–H groups in total. The van der Waals surface area contributed by atoms with E-state index < -0.39 is 0 Å². The van der Waals surface area contributed by atoms with Gasteiger partial charge in [-0.05, 0) is 51.8 Å². The lowest BCUT2D eigenvalue weighted by molar-refractivity contribution is -0.133. The van der Waals surface area contributed by atoms with Crippen molar-refractivity contribution in [3.05, 3.63) is 35.4 Å². The zero-order valence-electron chi connectivity index (χ0n) is 19.6. The highest BCUT2D eigenvalue weighted by molar-refractivity contribution is 14.0. The normalized spacial score (nSPS) is 20.6. The Morgan fingerprint density at radius 2 is 1.84 bits per heavy atom. The molecule has 2 atom stereocenters. The van der Waals surface area contributed by atoms with Crippen LogP contribution in [0, 0.1) is 12.8 Å². The Bertz CT molecular complexity index is 715. The first-order valence-corrected chi connectivity index (χ1v) is 11.6. The number of benzene rings is 1. The number of amides is 1. The molecule has 2 aliphatic rings. The number of rotatable bonds is 7. The standard InChI is InChI=1S/C24H39N5O.HI/c1-5-25-24(27-21-12-15-29(17-21)23(30)18(2)3)26-16-22(28-13-6-7-14-28)20-10-8-19(4)9-11-20;/h8-11,18,21-22H,5-7,12-17H2,1-4H3,(H2,25,26,27);1H. The first kappa shape index (κ1) is 25.9. The molecule has 6 nitrogen and oxygen atoms in total. The fraction of sp³-hybridized carbons (Fsp3) is 0.667. The predicted octanol–water partition coefficient (Wildman–Crippen LogP) is 3.56. The Morgan fingerprint density at radius 1 is 1.16 bits per heavy atom. The molecule has 3 rings (SSSR count). The number of hydrogen-bond donors (Lipinski definition) is 2. The molecule has 0 aliphatic carbocycles. The number of likely N-dealkylation sites (tertiary alicyclic amines) is 2. The van der Waals surface area contributed by atoms with E-state index in [-0.39, 0.29) is 41.8 Å². The van der Waals surface area contributed by atoms with Crippen LogP contribution in [0.15, 0.2) is 29.3 Å². The summed E-state index contributed by atoms with van der Waals surface area (Å²) in [6.07, 6.45) is 3.51. The Hall–Kier alpha value is -1.35. The molecule has 1 aromatic carbocycles. The second-order valence-electron chi connectivity index (χ2n) is 8.96. The zero-order valence-corrected chi connectivity index (χ0v) is 21.9. The number of nitrogens with one attached hydrogen (secondary N) is 2. The monoisotopic (exact) mass is 541 g/mol. The minimum Gasteiger partial charge on any atom is -0.357 e. The summed E-state index contributed by atoms with van der Waals surface area (Å²) < 4.78 is 0. The quantitative estimate of drug-likeness (QED) is 0.315. The third-order valence-electron chi connectivity index (χ3n) is 6.14. The average Bonchev–Trinajstić information content (AvgIpc) is 3.41. The maximum Gasteiger partial charge on any atom is 0.225 e. The van der Waals surface area contributed by atoms with E-state index >= 15 is 0 Å². The molecule has 31 heavy (non-hydrogen) atoms. The number of hydrogen-bond acceptors (Lipinski definition) is 3. The van der Waals surface area contributed by atoms with Gasteiger partial charge in [0.05, 0.1) is 12.6 Å². The van der Waals surface area contributed by atoms with Crippen LogP contribution in [0.5, 0.6) is 0 Å². The van der Waals surface area contributed by atoms with Gasteiger partial charge in [-0.3, -0.25) is 14.7 Å². The Labute approximate surface area is 205 Å². The molecule has 2 fully saturated rings. The van der Waals surface area contributed by atoms with E-state index in [1.807, 2.05) is 18.7 Å². The summed E-state index contributed by atoms with van der Waals surface area (Å²) in [5.41, 5.74) is 2.64. The highest BCUT2D eigenvalue weighted by Gasteiger charge is 2.28. The molecule has 0 radical (unpaired) electrons. The first-order valence-electron chi connectivity index (χ1n) is 11.6. The van der Waals surface area contributed by atoms with Crippen LogP contribution < -0.4 is 10.6 Å². The van der Waals surface area contributed by atoms with Gasteiger partial charge in [0.2, 0.25) is 5.91 Å². The van der Waals surface area contributed by atoms with Crippen molar-refractivity contribution in [3.63, 3.8) is 0 Å². The summed E-state index contributed by atoms with van der Waals surface area (Å²) in [6, 6.07) is 9.47. The Kier molecular flexibility index (Phi) is 10.6. The molecule has 174 valence electrons. The zero-order chi connectivity index (χ0) is 21.5. The van der Waals surface area contributed by atoms with Crippen LogP contribution in [-0.4, -0.2) is 67.0 Å². The number of guanidine groups is 1. The lowest BCUT2D eigenvalue weighted by atomic mass is 10.0. The van der Waals surface area contributed by atoms with Crippen LogP contribution >= 0.6 is 24.0 Å². The SMILES string of the molecule is CCNC(=NCC(c1ccc(C)cc1)N1CCCC1)NC1CCN(C(=O)C(C)C)C1.I. The van der Waals surface area contributed by atoms with E-state index in [0.29, 0.717) is 6.04 Å². The summed E-state index contributed by atoms with van der Waals surface area (Å²) in [4.78, 5) is 21.8. The minimum absolute atomic E-state index is 0. The van der Waals surface area contributed by atoms with Crippen LogP contribution in [-0.2, 0) is 4.79 Å². The fourth-order valence-corrected chi connectivity index (χ4v) is 4.41. The number of aliphatic imine (C=N–C) groups is 1. The molecule has 0 bridgehead atoms. The summed E-state index contributed by atoms with van der Waals surface area (Å²) in [6.45, 7) is 13.6. The third-order valence-corrected chi connectivity index (χ3v) is 6.14. The molecule has 0 aromatic heterocycles. The second-order valence-corrected chi connectivity index (χ2v) is 8.96. The van der Waals surface area contributed by atoms with Crippen molar-refractivity contribution >= 4 is 35.8 Å². The van der Waals surface area contributed by atoms with Crippen LogP contribution in [0.3, 0.4) is 0 Å². The smallest absolute Gasteiger partial charge is 0.225 e.